The van der Waals surface area contributed by atoms with Gasteiger partial charge >= 0.3 is 0 Å². The summed E-state index contributed by atoms with van der Waals surface area (Å²) in [6, 6.07) is 12.2. The summed E-state index contributed by atoms with van der Waals surface area (Å²) in [5.74, 6) is -0.0788. The molecule has 0 aliphatic heterocycles. The van der Waals surface area contributed by atoms with E-state index in [1.54, 1.807) is 28.8 Å². The molecule has 0 N–H and O–H groups in total. The number of nitrogens with zero attached hydrogens (tertiary/aromatic N) is 4. The maximum absolute atomic E-state index is 13.1. The number of fused-ring (bicyclic) bond motifs is 1. The summed E-state index contributed by atoms with van der Waals surface area (Å²) in [4.78, 5) is 33.0. The van der Waals surface area contributed by atoms with Crippen LogP contribution in [0.15, 0.2) is 47.4 Å². The first-order chi connectivity index (χ1) is 13.9. The Kier molecular flexibility index (Phi) is 6.83. The molecule has 7 nitrogen and oxygen atoms in total. The van der Waals surface area contributed by atoms with Gasteiger partial charge in [0.15, 0.2) is 5.13 Å². The molecule has 0 atom stereocenters. The van der Waals surface area contributed by atoms with Crippen LogP contribution in [0.25, 0.3) is 10.2 Å². The van der Waals surface area contributed by atoms with Gasteiger partial charge in [-0.2, -0.15) is 0 Å². The lowest BCUT2D eigenvalue weighted by Gasteiger charge is -2.22. The summed E-state index contributed by atoms with van der Waals surface area (Å²) in [6.45, 7) is 1.23. The van der Waals surface area contributed by atoms with Gasteiger partial charge in [-0.1, -0.05) is 23.5 Å². The Balaban J connectivity index is 1.85. The Morgan fingerprint density at radius 1 is 1.17 bits per heavy atom. The van der Waals surface area contributed by atoms with Gasteiger partial charge in [0, 0.05) is 30.1 Å². The number of hydrogen-bond acceptors (Lipinski definition) is 7. The van der Waals surface area contributed by atoms with Gasteiger partial charge in [0.1, 0.15) is 0 Å². The van der Waals surface area contributed by atoms with Gasteiger partial charge in [-0.3, -0.25) is 19.8 Å². The van der Waals surface area contributed by atoms with Gasteiger partial charge in [-0.25, -0.2) is 4.98 Å². The van der Waals surface area contributed by atoms with Crippen molar-refractivity contribution in [3.8, 4) is 0 Å². The van der Waals surface area contributed by atoms with Gasteiger partial charge in [0.2, 0.25) is 5.91 Å². The fourth-order valence-corrected chi connectivity index (χ4v) is 4.33. The fraction of sp³-hybridized carbons (Fsp3) is 0.300. The lowest BCUT2D eigenvalue weighted by molar-refractivity contribution is -0.384. The van der Waals surface area contributed by atoms with E-state index in [4.69, 9.17) is 0 Å². The van der Waals surface area contributed by atoms with E-state index < -0.39 is 4.92 Å². The second kappa shape index (κ2) is 9.34. The van der Waals surface area contributed by atoms with Crippen LogP contribution in [-0.2, 0) is 11.2 Å². The Bertz CT molecular complexity index is 1020. The van der Waals surface area contributed by atoms with Crippen molar-refractivity contribution in [1.29, 1.82) is 0 Å². The van der Waals surface area contributed by atoms with Crippen molar-refractivity contribution in [3.63, 3.8) is 0 Å². The highest BCUT2D eigenvalue weighted by Gasteiger charge is 2.20. The Labute approximate surface area is 177 Å². The highest BCUT2D eigenvalue weighted by molar-refractivity contribution is 7.98. The molecule has 0 spiro atoms. The Morgan fingerprint density at radius 2 is 1.90 bits per heavy atom. The predicted molar refractivity (Wildman–Crippen MR) is 119 cm³/mol. The van der Waals surface area contributed by atoms with Crippen molar-refractivity contribution in [2.24, 2.45) is 0 Å². The van der Waals surface area contributed by atoms with Crippen molar-refractivity contribution >= 4 is 50.0 Å². The normalized spacial score (nSPS) is 11.2. The molecule has 0 saturated heterocycles. The van der Waals surface area contributed by atoms with E-state index in [2.05, 4.69) is 11.1 Å². The number of nitro benzene ring substituents is 1. The minimum absolute atomic E-state index is 0.0152. The number of hydrogen-bond donors (Lipinski definition) is 0. The summed E-state index contributed by atoms with van der Waals surface area (Å²) in [6.07, 6.45) is 2.19. The lowest BCUT2D eigenvalue weighted by atomic mass is 10.1. The van der Waals surface area contributed by atoms with Crippen molar-refractivity contribution < 1.29 is 9.72 Å². The molecule has 2 aromatic carbocycles. The molecule has 0 bridgehead atoms. The average molecular weight is 431 g/mol. The number of carbonyl (C=O) groups excluding carboxylic acids is 1. The quantitative estimate of drug-likeness (QED) is 0.305. The number of anilines is 1. The molecule has 1 aromatic heterocycles. The third-order valence-corrected chi connectivity index (χ3v) is 6.16. The van der Waals surface area contributed by atoms with Gasteiger partial charge < -0.3 is 4.90 Å². The van der Waals surface area contributed by atoms with E-state index in [0.717, 1.165) is 20.7 Å². The zero-order valence-electron chi connectivity index (χ0n) is 16.5. The smallest absolute Gasteiger partial charge is 0.269 e. The topological polar surface area (TPSA) is 79.6 Å². The van der Waals surface area contributed by atoms with Crippen molar-refractivity contribution in [2.75, 3.05) is 38.3 Å². The molecular formula is C20H22N4O3S2. The SMILES string of the molecule is CSc1ccc2nc(N(CCN(C)C)C(=O)Cc3ccc([N+](=O)[O-])cc3)sc2c1. The zero-order valence-corrected chi connectivity index (χ0v) is 18.1. The summed E-state index contributed by atoms with van der Waals surface area (Å²) in [7, 11) is 3.92. The Morgan fingerprint density at radius 3 is 2.52 bits per heavy atom. The fourth-order valence-electron chi connectivity index (χ4n) is 2.77. The molecule has 29 heavy (non-hydrogen) atoms. The van der Waals surface area contributed by atoms with Gasteiger partial charge in [0.25, 0.3) is 5.69 Å². The third kappa shape index (κ3) is 5.31. The van der Waals surface area contributed by atoms with Gasteiger partial charge in [-0.15, -0.1) is 11.8 Å². The van der Waals surface area contributed by atoms with Crippen molar-refractivity contribution in [3.05, 3.63) is 58.1 Å². The molecule has 0 aliphatic rings. The first-order valence-electron chi connectivity index (χ1n) is 9.00. The standard InChI is InChI=1S/C20H22N4O3S2/c1-22(2)10-11-23(19(25)12-14-4-6-15(7-5-14)24(26)27)20-21-17-9-8-16(28-3)13-18(17)29-20/h4-9,13H,10-12H2,1-3H3. The van der Waals surface area contributed by atoms with Crippen LogP contribution in [0.4, 0.5) is 10.8 Å². The summed E-state index contributed by atoms with van der Waals surface area (Å²) in [5, 5.41) is 11.5. The molecular weight excluding hydrogens is 408 g/mol. The maximum atomic E-state index is 13.1. The number of benzene rings is 2. The first-order valence-corrected chi connectivity index (χ1v) is 11.0. The van der Waals surface area contributed by atoms with Gasteiger partial charge in [-0.05, 0) is 44.1 Å². The second-order valence-electron chi connectivity index (χ2n) is 6.78. The number of rotatable bonds is 8. The van der Waals surface area contributed by atoms with Crippen LogP contribution in [-0.4, -0.2) is 54.2 Å². The van der Waals surface area contributed by atoms with E-state index in [9.17, 15) is 14.9 Å². The molecule has 152 valence electrons. The van der Waals surface area contributed by atoms with Crippen LogP contribution in [0.1, 0.15) is 5.56 Å². The maximum Gasteiger partial charge on any atom is 0.269 e. The van der Waals surface area contributed by atoms with E-state index in [1.807, 2.05) is 37.4 Å². The molecule has 9 heteroatoms. The van der Waals surface area contributed by atoms with E-state index in [-0.39, 0.29) is 18.0 Å². The number of nitro groups is 1. The molecule has 1 amide bonds. The highest BCUT2D eigenvalue weighted by Crippen LogP contribution is 2.32. The first kappa shape index (κ1) is 21.2. The van der Waals surface area contributed by atoms with Crippen LogP contribution in [0.3, 0.4) is 0 Å². The summed E-state index contributed by atoms with van der Waals surface area (Å²) < 4.78 is 1.05. The van der Waals surface area contributed by atoms with E-state index in [1.165, 1.54) is 23.5 Å². The van der Waals surface area contributed by atoms with Crippen LogP contribution < -0.4 is 4.90 Å². The predicted octanol–water partition coefficient (Wildman–Crippen LogP) is 4.06. The van der Waals surface area contributed by atoms with Gasteiger partial charge in [0.05, 0.1) is 21.6 Å². The number of thioether (sulfide) groups is 1. The number of amides is 1. The van der Waals surface area contributed by atoms with Crippen LogP contribution in [0.2, 0.25) is 0 Å². The highest BCUT2D eigenvalue weighted by atomic mass is 32.2. The Hall–Kier alpha value is -2.49. The average Bonchev–Trinajstić information content (AvgIpc) is 3.10. The van der Waals surface area contributed by atoms with Crippen LogP contribution >= 0.6 is 23.1 Å². The number of aromatic nitrogens is 1. The third-order valence-electron chi connectivity index (χ3n) is 4.39. The minimum Gasteiger partial charge on any atom is -0.308 e. The summed E-state index contributed by atoms with van der Waals surface area (Å²) >= 11 is 3.18. The largest absolute Gasteiger partial charge is 0.308 e. The second-order valence-corrected chi connectivity index (χ2v) is 8.67. The van der Waals surface area contributed by atoms with Crippen LogP contribution in [0, 0.1) is 10.1 Å². The number of carbonyl (C=O) groups is 1. The summed E-state index contributed by atoms with van der Waals surface area (Å²) in [5.41, 5.74) is 1.63. The minimum atomic E-state index is -0.445. The van der Waals surface area contributed by atoms with E-state index >= 15 is 0 Å². The monoisotopic (exact) mass is 430 g/mol. The zero-order chi connectivity index (χ0) is 21.0. The molecule has 1 heterocycles. The lowest BCUT2D eigenvalue weighted by Crippen LogP contribution is -2.37. The molecule has 0 saturated carbocycles. The molecule has 0 fully saturated rings. The number of non-ortho nitro benzene ring substituents is 1. The van der Waals surface area contributed by atoms with E-state index in [0.29, 0.717) is 18.2 Å². The molecule has 0 aliphatic carbocycles. The number of thiazole rings is 1. The molecule has 3 aromatic rings. The van der Waals surface area contributed by atoms with Crippen LogP contribution in [0.5, 0.6) is 0 Å². The molecule has 3 rings (SSSR count). The molecule has 0 radical (unpaired) electrons. The van der Waals surface area contributed by atoms with Crippen molar-refractivity contribution in [2.45, 2.75) is 11.3 Å². The van der Waals surface area contributed by atoms with Crippen molar-refractivity contribution in [1.82, 2.24) is 9.88 Å². The number of likely N-dealkylation sites (N-methyl/N-ethyl adjacent to an activating group) is 1. The molecule has 0 unspecified atom stereocenters.